The minimum absolute atomic E-state index is 0.0492. The molecule has 1 saturated heterocycles. The van der Waals surface area contributed by atoms with Crippen molar-refractivity contribution >= 4 is 16.8 Å². The summed E-state index contributed by atoms with van der Waals surface area (Å²) in [6.07, 6.45) is 3.00. The first-order chi connectivity index (χ1) is 15.7. The van der Waals surface area contributed by atoms with Gasteiger partial charge in [-0.05, 0) is 43.2 Å². The average molecular weight is 429 g/mol. The lowest BCUT2D eigenvalue weighted by atomic mass is 10.2. The van der Waals surface area contributed by atoms with Crippen LogP contribution in [-0.2, 0) is 7.05 Å². The van der Waals surface area contributed by atoms with Gasteiger partial charge >= 0.3 is 0 Å². The molecule has 1 unspecified atom stereocenters. The summed E-state index contributed by atoms with van der Waals surface area (Å²) in [5, 5.41) is 9.43. The topological polar surface area (TPSA) is 86.3 Å². The van der Waals surface area contributed by atoms with Crippen molar-refractivity contribution in [3.63, 3.8) is 0 Å². The smallest absolute Gasteiger partial charge is 0.275 e. The summed E-state index contributed by atoms with van der Waals surface area (Å²) in [7, 11) is 1.86. The Hall–Kier alpha value is -3.68. The van der Waals surface area contributed by atoms with Crippen molar-refractivity contribution in [3.8, 4) is 17.1 Å². The van der Waals surface area contributed by atoms with Gasteiger partial charge in [0.2, 0.25) is 11.7 Å². The molecule has 0 N–H and O–H groups in total. The van der Waals surface area contributed by atoms with Crippen LogP contribution in [0.3, 0.4) is 0 Å². The Kier molecular flexibility index (Phi) is 4.45. The van der Waals surface area contributed by atoms with E-state index in [0.29, 0.717) is 30.5 Å². The first-order valence-electron chi connectivity index (χ1n) is 11.0. The largest absolute Gasteiger partial charge is 0.489 e. The number of benzene rings is 2. The van der Waals surface area contributed by atoms with E-state index in [2.05, 4.69) is 15.2 Å². The standard InChI is InChI=1S/C24H23N5O3/c1-28-20-5-3-2-4-19(20)21(26-28)24(30)29-13-12-18(14-29)31-17-10-8-15(9-11-17)22-25-23(32-27-22)16-6-7-16/h2-5,8-11,16,18H,6-7,12-14H2,1H3. The van der Waals surface area contributed by atoms with Gasteiger partial charge in [-0.2, -0.15) is 10.1 Å². The van der Waals surface area contributed by atoms with Gasteiger partial charge in [0.05, 0.1) is 12.1 Å². The molecule has 2 aromatic heterocycles. The Bertz CT molecular complexity index is 1290. The quantitative estimate of drug-likeness (QED) is 0.480. The van der Waals surface area contributed by atoms with Crippen LogP contribution in [0, 0.1) is 0 Å². The minimum atomic E-state index is -0.0496. The predicted octanol–water partition coefficient (Wildman–Crippen LogP) is 3.79. The van der Waals surface area contributed by atoms with Crippen molar-refractivity contribution in [2.45, 2.75) is 31.3 Å². The Morgan fingerprint density at radius 3 is 2.72 bits per heavy atom. The lowest BCUT2D eigenvalue weighted by Gasteiger charge is -2.16. The molecule has 3 heterocycles. The lowest BCUT2D eigenvalue weighted by molar-refractivity contribution is 0.0767. The lowest BCUT2D eigenvalue weighted by Crippen LogP contribution is -2.31. The molecule has 8 nitrogen and oxygen atoms in total. The second kappa shape index (κ2) is 7.47. The van der Waals surface area contributed by atoms with Crippen LogP contribution >= 0.6 is 0 Å². The number of nitrogens with zero attached hydrogens (tertiary/aromatic N) is 5. The van der Waals surface area contributed by atoms with Gasteiger partial charge in [0.25, 0.3) is 5.91 Å². The van der Waals surface area contributed by atoms with Crippen molar-refractivity contribution in [1.29, 1.82) is 0 Å². The van der Waals surface area contributed by atoms with Crippen molar-refractivity contribution in [1.82, 2.24) is 24.8 Å². The van der Waals surface area contributed by atoms with E-state index in [1.54, 1.807) is 4.68 Å². The van der Waals surface area contributed by atoms with Gasteiger partial charge in [-0.1, -0.05) is 23.4 Å². The highest BCUT2D eigenvalue weighted by atomic mass is 16.5. The van der Waals surface area contributed by atoms with Crippen LogP contribution in [0.15, 0.2) is 53.1 Å². The number of para-hydroxylation sites is 1. The van der Waals surface area contributed by atoms with E-state index in [1.165, 1.54) is 0 Å². The zero-order valence-corrected chi connectivity index (χ0v) is 17.8. The number of aromatic nitrogens is 4. The fourth-order valence-corrected chi connectivity index (χ4v) is 4.25. The predicted molar refractivity (Wildman–Crippen MR) is 117 cm³/mol. The molecule has 1 atom stereocenters. The molecule has 32 heavy (non-hydrogen) atoms. The number of likely N-dealkylation sites (tertiary alicyclic amines) is 1. The van der Waals surface area contributed by atoms with E-state index in [9.17, 15) is 4.79 Å². The zero-order chi connectivity index (χ0) is 21.7. The number of carbonyl (C=O) groups excluding carboxylic acids is 1. The van der Waals surface area contributed by atoms with Crippen LogP contribution in [0.4, 0.5) is 0 Å². The van der Waals surface area contributed by atoms with E-state index in [1.807, 2.05) is 60.5 Å². The maximum Gasteiger partial charge on any atom is 0.275 e. The monoisotopic (exact) mass is 429 g/mol. The third-order valence-electron chi connectivity index (χ3n) is 6.18. The van der Waals surface area contributed by atoms with E-state index in [0.717, 1.165) is 47.4 Å². The van der Waals surface area contributed by atoms with Gasteiger partial charge in [-0.3, -0.25) is 9.48 Å². The van der Waals surface area contributed by atoms with Crippen LogP contribution in [0.1, 0.15) is 41.6 Å². The molecule has 8 heteroatoms. The Balaban J connectivity index is 1.11. The summed E-state index contributed by atoms with van der Waals surface area (Å²) in [5.74, 6) is 2.50. The summed E-state index contributed by atoms with van der Waals surface area (Å²) < 4.78 is 13.2. The summed E-state index contributed by atoms with van der Waals surface area (Å²) in [6, 6.07) is 15.5. The molecule has 162 valence electrons. The Labute approximate surface area is 184 Å². The number of aryl methyl sites for hydroxylation is 1. The van der Waals surface area contributed by atoms with Gasteiger partial charge in [0.1, 0.15) is 11.9 Å². The molecule has 4 aromatic rings. The second-order valence-corrected chi connectivity index (χ2v) is 8.52. The summed E-state index contributed by atoms with van der Waals surface area (Å²) >= 11 is 0. The molecule has 1 aliphatic heterocycles. The minimum Gasteiger partial charge on any atom is -0.489 e. The van der Waals surface area contributed by atoms with Crippen molar-refractivity contribution in [2.75, 3.05) is 13.1 Å². The first kappa shape index (κ1) is 19.0. The SMILES string of the molecule is Cn1nc(C(=O)N2CCC(Oc3ccc(-c4noc(C5CC5)n4)cc3)C2)c2ccccc21. The fraction of sp³-hybridized carbons (Fsp3) is 0.333. The molecule has 1 aliphatic carbocycles. The third kappa shape index (κ3) is 3.41. The summed E-state index contributed by atoms with van der Waals surface area (Å²) in [4.78, 5) is 19.4. The van der Waals surface area contributed by atoms with E-state index in [4.69, 9.17) is 9.26 Å². The molecule has 1 saturated carbocycles. The highest BCUT2D eigenvalue weighted by Crippen LogP contribution is 2.39. The highest BCUT2D eigenvalue weighted by Gasteiger charge is 2.31. The van der Waals surface area contributed by atoms with Crippen molar-refractivity contribution in [2.24, 2.45) is 7.05 Å². The number of carbonyl (C=O) groups is 1. The summed E-state index contributed by atoms with van der Waals surface area (Å²) in [6.45, 7) is 1.19. The molecule has 2 fully saturated rings. The average Bonchev–Trinajstić information content (AvgIpc) is 3.21. The number of hydrogen-bond acceptors (Lipinski definition) is 6. The number of hydrogen-bond donors (Lipinski definition) is 0. The van der Waals surface area contributed by atoms with Gasteiger partial charge in [-0.25, -0.2) is 0 Å². The van der Waals surface area contributed by atoms with E-state index < -0.39 is 0 Å². The van der Waals surface area contributed by atoms with E-state index in [-0.39, 0.29) is 12.0 Å². The van der Waals surface area contributed by atoms with Crippen LogP contribution in [-0.4, -0.2) is 49.9 Å². The maximum absolute atomic E-state index is 13.1. The highest BCUT2D eigenvalue weighted by molar-refractivity contribution is 6.04. The Morgan fingerprint density at radius 2 is 1.91 bits per heavy atom. The molecular weight excluding hydrogens is 406 g/mol. The number of fused-ring (bicyclic) bond motifs is 1. The number of amides is 1. The Morgan fingerprint density at radius 1 is 1.09 bits per heavy atom. The molecular formula is C24H23N5O3. The maximum atomic E-state index is 13.1. The van der Waals surface area contributed by atoms with Gasteiger partial charge < -0.3 is 14.2 Å². The van der Waals surface area contributed by atoms with Gasteiger partial charge in [0.15, 0.2) is 5.69 Å². The molecule has 0 bridgehead atoms. The summed E-state index contributed by atoms with van der Waals surface area (Å²) in [5.41, 5.74) is 2.35. The van der Waals surface area contributed by atoms with Crippen LogP contribution < -0.4 is 4.74 Å². The second-order valence-electron chi connectivity index (χ2n) is 8.52. The molecule has 2 aromatic carbocycles. The van der Waals surface area contributed by atoms with E-state index >= 15 is 0 Å². The number of ether oxygens (including phenoxy) is 1. The molecule has 0 spiro atoms. The van der Waals surface area contributed by atoms with Crippen LogP contribution in [0.25, 0.3) is 22.3 Å². The van der Waals surface area contributed by atoms with Gasteiger partial charge in [-0.15, -0.1) is 0 Å². The van der Waals surface area contributed by atoms with Crippen molar-refractivity contribution in [3.05, 3.63) is 60.1 Å². The third-order valence-corrected chi connectivity index (χ3v) is 6.18. The molecule has 2 aliphatic rings. The zero-order valence-electron chi connectivity index (χ0n) is 17.8. The fourth-order valence-electron chi connectivity index (χ4n) is 4.25. The molecule has 6 rings (SSSR count). The van der Waals surface area contributed by atoms with Crippen LogP contribution in [0.2, 0.25) is 0 Å². The van der Waals surface area contributed by atoms with Crippen LogP contribution in [0.5, 0.6) is 5.75 Å². The van der Waals surface area contributed by atoms with Crippen molar-refractivity contribution < 1.29 is 14.1 Å². The molecule has 0 radical (unpaired) electrons. The number of rotatable bonds is 5. The van der Waals surface area contributed by atoms with Gasteiger partial charge in [0, 0.05) is 36.9 Å². The first-order valence-corrected chi connectivity index (χ1v) is 11.0. The normalized spacial score (nSPS) is 18.4. The molecule has 1 amide bonds.